The summed E-state index contributed by atoms with van der Waals surface area (Å²) in [4.78, 5) is 34.2. The van der Waals surface area contributed by atoms with Crippen molar-refractivity contribution in [1.82, 2.24) is 20.1 Å². The zero-order chi connectivity index (χ0) is 22.5. The second-order valence-corrected chi connectivity index (χ2v) is 8.72. The average Bonchev–Trinajstić information content (AvgIpc) is 2.84. The Balaban J connectivity index is 1.26. The van der Waals surface area contributed by atoms with Crippen molar-refractivity contribution in [1.29, 1.82) is 0 Å². The minimum absolute atomic E-state index is 0.0727. The summed E-state index contributed by atoms with van der Waals surface area (Å²) in [6, 6.07) is 9.76. The molecule has 2 amide bonds. The first-order valence-corrected chi connectivity index (χ1v) is 11.6. The molecule has 0 unspecified atom stereocenters. The molecule has 1 N–H and O–H groups in total. The van der Waals surface area contributed by atoms with Gasteiger partial charge >= 0.3 is 0 Å². The molecule has 7 heteroatoms. The van der Waals surface area contributed by atoms with Gasteiger partial charge in [0.2, 0.25) is 5.91 Å². The van der Waals surface area contributed by atoms with E-state index in [0.29, 0.717) is 16.8 Å². The van der Waals surface area contributed by atoms with Crippen LogP contribution >= 0.6 is 0 Å². The maximum Gasteiger partial charge on any atom is 0.253 e. The summed E-state index contributed by atoms with van der Waals surface area (Å²) in [6.45, 7) is 6.75. The normalized spacial score (nSPS) is 21.9. The number of amides is 2. The number of likely N-dealkylation sites (N-methyl/N-ethyl adjacent to an activating group) is 1. The summed E-state index contributed by atoms with van der Waals surface area (Å²) in [5, 5.41) is 3.09. The molecule has 0 bridgehead atoms. The molecule has 0 atom stereocenters. The Morgan fingerprint density at radius 2 is 1.81 bits per heavy atom. The van der Waals surface area contributed by atoms with E-state index >= 15 is 0 Å². The van der Waals surface area contributed by atoms with Gasteiger partial charge in [0.15, 0.2) is 0 Å². The number of hydrogen-bond donors (Lipinski definition) is 1. The lowest BCUT2D eigenvalue weighted by atomic mass is 9.85. The molecule has 1 saturated carbocycles. The molecule has 0 spiro atoms. The van der Waals surface area contributed by atoms with Gasteiger partial charge in [-0.15, -0.1) is 0 Å². The number of rotatable bonds is 5. The standard InChI is InChI=1S/C25H31FN4O2/c1-2-29-12-14-30(15-13-29)25(32)18-6-9-22(10-7-18)28-24(31)20-8-11-23(27-17-20)19-4-3-5-21(26)16-19/h3-5,8,11,16-18,22H,2,6-7,9-10,12-15H2,1H3,(H,28,31). The Morgan fingerprint density at radius 3 is 2.44 bits per heavy atom. The zero-order valence-electron chi connectivity index (χ0n) is 18.6. The molecule has 0 radical (unpaired) electrons. The first-order chi connectivity index (χ1) is 15.5. The van der Waals surface area contributed by atoms with Crippen molar-refractivity contribution in [3.8, 4) is 11.3 Å². The molecular formula is C25H31FN4O2. The number of hydrogen-bond acceptors (Lipinski definition) is 4. The van der Waals surface area contributed by atoms with Gasteiger partial charge in [0, 0.05) is 49.9 Å². The topological polar surface area (TPSA) is 65.5 Å². The van der Waals surface area contributed by atoms with Crippen molar-refractivity contribution in [3.05, 3.63) is 54.0 Å². The second-order valence-electron chi connectivity index (χ2n) is 8.72. The van der Waals surface area contributed by atoms with E-state index in [-0.39, 0.29) is 29.6 Å². The minimum Gasteiger partial charge on any atom is -0.349 e. The van der Waals surface area contributed by atoms with Gasteiger partial charge in [-0.25, -0.2) is 4.39 Å². The lowest BCUT2D eigenvalue weighted by molar-refractivity contribution is -0.138. The van der Waals surface area contributed by atoms with E-state index in [2.05, 4.69) is 22.1 Å². The lowest BCUT2D eigenvalue weighted by Crippen LogP contribution is -2.51. The molecule has 170 valence electrons. The quantitative estimate of drug-likeness (QED) is 0.778. The Hall–Kier alpha value is -2.80. The van der Waals surface area contributed by atoms with Crippen molar-refractivity contribution in [2.24, 2.45) is 5.92 Å². The molecule has 6 nitrogen and oxygen atoms in total. The van der Waals surface area contributed by atoms with Gasteiger partial charge in [0.25, 0.3) is 5.91 Å². The molecule has 1 aliphatic carbocycles. The van der Waals surface area contributed by atoms with Gasteiger partial charge in [0.1, 0.15) is 5.82 Å². The zero-order valence-corrected chi connectivity index (χ0v) is 18.6. The van der Waals surface area contributed by atoms with Crippen molar-refractivity contribution >= 4 is 11.8 Å². The van der Waals surface area contributed by atoms with E-state index in [4.69, 9.17) is 0 Å². The summed E-state index contributed by atoms with van der Waals surface area (Å²) in [7, 11) is 0. The maximum absolute atomic E-state index is 13.4. The van der Waals surface area contributed by atoms with Crippen LogP contribution in [0.15, 0.2) is 42.6 Å². The molecule has 1 saturated heterocycles. The number of aromatic nitrogens is 1. The lowest BCUT2D eigenvalue weighted by Gasteiger charge is -2.37. The monoisotopic (exact) mass is 438 g/mol. The van der Waals surface area contributed by atoms with Gasteiger partial charge in [-0.05, 0) is 56.5 Å². The molecule has 4 rings (SSSR count). The third kappa shape index (κ3) is 5.33. The fourth-order valence-electron chi connectivity index (χ4n) is 4.64. The number of piperazine rings is 1. The van der Waals surface area contributed by atoms with Gasteiger partial charge in [-0.2, -0.15) is 0 Å². The third-order valence-corrected chi connectivity index (χ3v) is 6.69. The molecule has 1 aromatic carbocycles. The Labute approximate surface area is 188 Å². The predicted octanol–water partition coefficient (Wildman–Crippen LogP) is 3.34. The third-order valence-electron chi connectivity index (χ3n) is 6.69. The van der Waals surface area contributed by atoms with Crippen LogP contribution in [0.25, 0.3) is 11.3 Å². The van der Waals surface area contributed by atoms with Crippen molar-refractivity contribution in [2.45, 2.75) is 38.6 Å². The predicted molar refractivity (Wildman–Crippen MR) is 122 cm³/mol. The highest BCUT2D eigenvalue weighted by atomic mass is 19.1. The van der Waals surface area contributed by atoms with E-state index in [1.54, 1.807) is 24.3 Å². The van der Waals surface area contributed by atoms with Crippen LogP contribution in [0.3, 0.4) is 0 Å². The highest BCUT2D eigenvalue weighted by Crippen LogP contribution is 2.27. The largest absolute Gasteiger partial charge is 0.349 e. The fraction of sp³-hybridized carbons (Fsp3) is 0.480. The summed E-state index contributed by atoms with van der Waals surface area (Å²) < 4.78 is 13.4. The van der Waals surface area contributed by atoms with Crippen LogP contribution in [0, 0.1) is 11.7 Å². The van der Waals surface area contributed by atoms with E-state index in [1.807, 2.05) is 4.90 Å². The van der Waals surface area contributed by atoms with Crippen molar-refractivity contribution < 1.29 is 14.0 Å². The van der Waals surface area contributed by atoms with Crippen LogP contribution in [0.2, 0.25) is 0 Å². The first-order valence-electron chi connectivity index (χ1n) is 11.6. The van der Waals surface area contributed by atoms with Gasteiger partial charge < -0.3 is 15.1 Å². The Kier molecular flexibility index (Phi) is 7.15. The number of carbonyl (C=O) groups excluding carboxylic acids is 2. The average molecular weight is 439 g/mol. The summed E-state index contributed by atoms with van der Waals surface area (Å²) >= 11 is 0. The molecule has 2 aliphatic rings. The number of pyridine rings is 1. The highest BCUT2D eigenvalue weighted by Gasteiger charge is 2.31. The fourth-order valence-corrected chi connectivity index (χ4v) is 4.64. The molecule has 1 aliphatic heterocycles. The number of nitrogens with zero attached hydrogens (tertiary/aromatic N) is 3. The van der Waals surface area contributed by atoms with Crippen LogP contribution in [0.1, 0.15) is 43.0 Å². The summed E-state index contributed by atoms with van der Waals surface area (Å²) in [5.74, 6) is -0.122. The van der Waals surface area contributed by atoms with Crippen LogP contribution < -0.4 is 5.32 Å². The van der Waals surface area contributed by atoms with Crippen LogP contribution in [-0.4, -0.2) is 65.4 Å². The number of halogens is 1. The van der Waals surface area contributed by atoms with Gasteiger partial charge in [0.05, 0.1) is 11.3 Å². The van der Waals surface area contributed by atoms with E-state index in [0.717, 1.165) is 58.4 Å². The SMILES string of the molecule is CCN1CCN(C(=O)C2CCC(NC(=O)c3ccc(-c4cccc(F)c4)nc3)CC2)CC1. The highest BCUT2D eigenvalue weighted by molar-refractivity contribution is 5.94. The van der Waals surface area contributed by atoms with Gasteiger partial charge in [-0.3, -0.25) is 14.6 Å². The van der Waals surface area contributed by atoms with Crippen molar-refractivity contribution in [3.63, 3.8) is 0 Å². The number of nitrogens with one attached hydrogen (secondary N) is 1. The van der Waals surface area contributed by atoms with E-state index < -0.39 is 0 Å². The molecule has 2 aromatic rings. The molecular weight excluding hydrogens is 407 g/mol. The smallest absolute Gasteiger partial charge is 0.253 e. The van der Waals surface area contributed by atoms with E-state index in [1.165, 1.54) is 18.3 Å². The molecule has 32 heavy (non-hydrogen) atoms. The van der Waals surface area contributed by atoms with Gasteiger partial charge in [-0.1, -0.05) is 19.1 Å². The summed E-state index contributed by atoms with van der Waals surface area (Å²) in [6.07, 6.45) is 4.78. The summed E-state index contributed by atoms with van der Waals surface area (Å²) in [5.41, 5.74) is 1.79. The minimum atomic E-state index is -0.316. The van der Waals surface area contributed by atoms with Crippen molar-refractivity contribution in [2.75, 3.05) is 32.7 Å². The number of benzene rings is 1. The molecule has 1 aromatic heterocycles. The Morgan fingerprint density at radius 1 is 1.06 bits per heavy atom. The molecule has 2 heterocycles. The van der Waals surface area contributed by atoms with E-state index in [9.17, 15) is 14.0 Å². The van der Waals surface area contributed by atoms with Crippen LogP contribution in [-0.2, 0) is 4.79 Å². The molecule has 2 fully saturated rings. The van der Waals surface area contributed by atoms with Crippen LogP contribution in [0.5, 0.6) is 0 Å². The second kappa shape index (κ2) is 10.2. The van der Waals surface area contributed by atoms with Crippen LogP contribution in [0.4, 0.5) is 4.39 Å². The maximum atomic E-state index is 13.4. The Bertz CT molecular complexity index is 933. The number of carbonyl (C=O) groups is 2. The first kappa shape index (κ1) is 22.4.